The fraction of sp³-hybridized carbons (Fsp3) is 0.321. The zero-order valence-electron chi connectivity index (χ0n) is 21.2. The molecule has 0 saturated heterocycles. The lowest BCUT2D eigenvalue weighted by atomic mass is 10.1. The van der Waals surface area contributed by atoms with Crippen LogP contribution in [0.3, 0.4) is 0 Å². The number of benzene rings is 3. The van der Waals surface area contributed by atoms with Gasteiger partial charge in [0.15, 0.2) is 0 Å². The van der Waals surface area contributed by atoms with E-state index in [0.29, 0.717) is 34.0 Å². The third-order valence-corrected chi connectivity index (χ3v) is 5.53. The Morgan fingerprint density at radius 2 is 1.62 bits per heavy atom. The summed E-state index contributed by atoms with van der Waals surface area (Å²) >= 11 is 6.18. The Balaban J connectivity index is 1.85. The molecule has 0 radical (unpaired) electrons. The first kappa shape index (κ1) is 28.2. The number of hydrogen-bond donors (Lipinski definition) is 1. The molecule has 0 heterocycles. The summed E-state index contributed by atoms with van der Waals surface area (Å²) in [6.45, 7) is 6.41. The minimum Gasteiger partial charge on any atom is -0.488 e. The predicted molar refractivity (Wildman–Crippen MR) is 139 cm³/mol. The van der Waals surface area contributed by atoms with Gasteiger partial charge in [0.2, 0.25) is 0 Å². The summed E-state index contributed by atoms with van der Waals surface area (Å²) < 4.78 is 47.8. The van der Waals surface area contributed by atoms with Crippen LogP contribution in [0, 0.1) is 0 Å². The highest BCUT2D eigenvalue weighted by atomic mass is 35.5. The minimum atomic E-state index is -4.78. The molecule has 37 heavy (non-hydrogen) atoms. The van der Waals surface area contributed by atoms with Gasteiger partial charge in [0.25, 0.3) is 5.91 Å². The van der Waals surface area contributed by atoms with E-state index in [4.69, 9.17) is 16.3 Å². The third-order valence-electron chi connectivity index (χ3n) is 5.29. The van der Waals surface area contributed by atoms with Gasteiger partial charge in [-0.1, -0.05) is 35.9 Å². The molecule has 5 nitrogen and oxygen atoms in total. The van der Waals surface area contributed by atoms with Crippen molar-refractivity contribution in [3.8, 4) is 11.5 Å². The number of carbonyl (C=O) groups is 1. The maximum absolute atomic E-state index is 13.6. The van der Waals surface area contributed by atoms with E-state index >= 15 is 0 Å². The number of alkyl halides is 3. The summed E-state index contributed by atoms with van der Waals surface area (Å²) in [5, 5.41) is 3.43. The van der Waals surface area contributed by atoms with Crippen LogP contribution in [0.5, 0.6) is 11.5 Å². The summed E-state index contributed by atoms with van der Waals surface area (Å²) in [6.07, 6.45) is -4.46. The fourth-order valence-corrected chi connectivity index (χ4v) is 3.91. The van der Waals surface area contributed by atoms with Gasteiger partial charge >= 0.3 is 6.36 Å². The minimum absolute atomic E-state index is 0.254. The van der Waals surface area contributed by atoms with E-state index in [-0.39, 0.29) is 30.3 Å². The van der Waals surface area contributed by atoms with E-state index < -0.39 is 6.36 Å². The van der Waals surface area contributed by atoms with Gasteiger partial charge in [0.1, 0.15) is 17.1 Å². The van der Waals surface area contributed by atoms with Gasteiger partial charge in [0.05, 0.1) is 5.56 Å². The lowest BCUT2D eigenvalue weighted by molar-refractivity contribution is -0.274. The normalized spacial score (nSPS) is 11.7. The Bertz CT molecular complexity index is 1210. The van der Waals surface area contributed by atoms with E-state index in [1.54, 1.807) is 36.2 Å². The van der Waals surface area contributed by atoms with Crippen molar-refractivity contribution in [1.82, 2.24) is 4.90 Å². The van der Waals surface area contributed by atoms with Gasteiger partial charge in [0, 0.05) is 30.8 Å². The molecule has 9 heteroatoms. The van der Waals surface area contributed by atoms with Crippen LogP contribution in [0.2, 0.25) is 5.02 Å². The molecule has 0 spiro atoms. The Hall–Kier alpha value is -3.39. The Morgan fingerprint density at radius 1 is 0.919 bits per heavy atom. The average Bonchev–Trinajstić information content (AvgIpc) is 2.80. The van der Waals surface area contributed by atoms with Gasteiger partial charge in [-0.2, -0.15) is 0 Å². The van der Waals surface area contributed by atoms with Crippen molar-refractivity contribution in [1.29, 1.82) is 0 Å². The molecule has 3 aromatic rings. The molecule has 0 fully saturated rings. The van der Waals surface area contributed by atoms with Crippen LogP contribution in [-0.4, -0.2) is 36.4 Å². The van der Waals surface area contributed by atoms with E-state index in [2.05, 4.69) is 10.1 Å². The van der Waals surface area contributed by atoms with E-state index in [1.165, 1.54) is 18.2 Å². The van der Waals surface area contributed by atoms with Crippen molar-refractivity contribution in [3.05, 3.63) is 88.4 Å². The van der Waals surface area contributed by atoms with E-state index in [1.807, 2.05) is 45.0 Å². The molecule has 1 amide bonds. The maximum atomic E-state index is 13.6. The van der Waals surface area contributed by atoms with E-state index in [9.17, 15) is 18.0 Å². The van der Waals surface area contributed by atoms with Crippen LogP contribution >= 0.6 is 11.6 Å². The summed E-state index contributed by atoms with van der Waals surface area (Å²) in [7, 11) is 1.71. The maximum Gasteiger partial charge on any atom is 0.573 e. The van der Waals surface area contributed by atoms with Gasteiger partial charge < -0.3 is 19.7 Å². The van der Waals surface area contributed by atoms with Crippen LogP contribution in [0.4, 0.5) is 18.9 Å². The van der Waals surface area contributed by atoms with Gasteiger partial charge in [-0.15, -0.1) is 13.2 Å². The Labute approximate surface area is 220 Å². The molecule has 3 aromatic carbocycles. The number of nitrogens with one attached hydrogen (secondary N) is 1. The number of nitrogens with zero attached hydrogens (tertiary/aromatic N) is 1. The number of amides is 1. The Morgan fingerprint density at radius 3 is 2.24 bits per heavy atom. The third kappa shape index (κ3) is 8.89. The van der Waals surface area contributed by atoms with Gasteiger partial charge in [-0.05, 0) is 80.8 Å². The molecule has 3 rings (SSSR count). The van der Waals surface area contributed by atoms with Gasteiger partial charge in [-0.25, -0.2) is 0 Å². The monoisotopic (exact) mass is 534 g/mol. The first-order valence-corrected chi connectivity index (χ1v) is 12.1. The number of ether oxygens (including phenoxy) is 2. The van der Waals surface area contributed by atoms with Crippen molar-refractivity contribution in [3.63, 3.8) is 0 Å². The Kier molecular flexibility index (Phi) is 8.97. The highest BCUT2D eigenvalue weighted by Gasteiger charge is 2.31. The van der Waals surface area contributed by atoms with Crippen molar-refractivity contribution < 1.29 is 27.4 Å². The number of anilines is 1. The van der Waals surface area contributed by atoms with E-state index in [0.717, 1.165) is 5.56 Å². The molecule has 198 valence electrons. The lowest BCUT2D eigenvalue weighted by Gasteiger charge is -2.25. The molecule has 0 unspecified atom stereocenters. The highest BCUT2D eigenvalue weighted by molar-refractivity contribution is 6.31. The van der Waals surface area contributed by atoms with Crippen LogP contribution in [0.15, 0.2) is 66.7 Å². The van der Waals surface area contributed by atoms with Crippen molar-refractivity contribution in [2.45, 2.75) is 45.7 Å². The van der Waals surface area contributed by atoms with Crippen LogP contribution in [-0.2, 0) is 13.0 Å². The first-order valence-electron chi connectivity index (χ1n) is 11.7. The molecule has 0 aromatic heterocycles. The number of rotatable bonds is 9. The van der Waals surface area contributed by atoms with Crippen molar-refractivity contribution in [2.75, 3.05) is 18.9 Å². The SMILES string of the molecule is CNc1ccc(Cl)cc1C(=O)N(CCc1cccc(OC(F)(F)F)c1)Cc1ccc(OC(C)(C)C)cc1. The topological polar surface area (TPSA) is 50.8 Å². The molecule has 0 bridgehead atoms. The number of halogens is 4. The fourth-order valence-electron chi connectivity index (χ4n) is 3.73. The number of carbonyl (C=O) groups excluding carboxylic acids is 1. The lowest BCUT2D eigenvalue weighted by Crippen LogP contribution is -2.33. The molecule has 0 aliphatic rings. The molecule has 0 aliphatic heterocycles. The second-order valence-electron chi connectivity index (χ2n) is 9.47. The highest BCUT2D eigenvalue weighted by Crippen LogP contribution is 2.26. The largest absolute Gasteiger partial charge is 0.573 e. The summed E-state index contributed by atoms with van der Waals surface area (Å²) in [4.78, 5) is 15.3. The summed E-state index contributed by atoms with van der Waals surface area (Å²) in [5.41, 5.74) is 2.15. The summed E-state index contributed by atoms with van der Waals surface area (Å²) in [5.74, 6) is 0.150. The smallest absolute Gasteiger partial charge is 0.488 e. The van der Waals surface area contributed by atoms with Crippen LogP contribution < -0.4 is 14.8 Å². The second kappa shape index (κ2) is 11.8. The van der Waals surface area contributed by atoms with Crippen molar-refractivity contribution >= 4 is 23.2 Å². The predicted octanol–water partition coefficient (Wildman–Crippen LogP) is 7.34. The first-order chi connectivity index (χ1) is 17.3. The quantitative estimate of drug-likeness (QED) is 0.312. The molecule has 1 N–H and O–H groups in total. The zero-order valence-corrected chi connectivity index (χ0v) is 21.9. The molecule has 0 aliphatic carbocycles. The summed E-state index contributed by atoms with van der Waals surface area (Å²) in [6, 6.07) is 18.2. The molecular weight excluding hydrogens is 505 g/mol. The molecular formula is C28H30ClF3N2O3. The average molecular weight is 535 g/mol. The molecule has 0 saturated carbocycles. The van der Waals surface area contributed by atoms with Crippen LogP contribution in [0.25, 0.3) is 0 Å². The van der Waals surface area contributed by atoms with Crippen molar-refractivity contribution in [2.24, 2.45) is 0 Å². The zero-order chi connectivity index (χ0) is 27.2. The van der Waals surface area contributed by atoms with Crippen LogP contribution in [0.1, 0.15) is 42.3 Å². The standard InChI is InChI=1S/C28H30ClF3N2O3/c1-27(2,3)36-22-11-8-20(9-12-22)18-34(26(35)24-17-21(29)10-13-25(24)33-4)15-14-19-6-5-7-23(16-19)37-28(30,31)32/h5-13,16-17,33H,14-15,18H2,1-4H3. The van der Waals surface area contributed by atoms with Gasteiger partial charge in [-0.3, -0.25) is 4.79 Å². The second-order valence-corrected chi connectivity index (χ2v) is 9.91. The molecule has 0 atom stereocenters. The number of hydrogen-bond acceptors (Lipinski definition) is 4.